The van der Waals surface area contributed by atoms with E-state index < -0.39 is 5.91 Å². The first-order valence-corrected chi connectivity index (χ1v) is 11.3. The molecule has 0 radical (unpaired) electrons. The Kier molecular flexibility index (Phi) is 6.70. The molecule has 2 aromatic carbocycles. The summed E-state index contributed by atoms with van der Waals surface area (Å²) in [6.45, 7) is 4.86. The van der Waals surface area contributed by atoms with Crippen molar-refractivity contribution in [3.63, 3.8) is 0 Å². The summed E-state index contributed by atoms with van der Waals surface area (Å²) in [4.78, 5) is 16.7. The Balaban J connectivity index is 1.57. The summed E-state index contributed by atoms with van der Waals surface area (Å²) in [5, 5.41) is 15.7. The number of amides is 1. The fourth-order valence-corrected chi connectivity index (χ4v) is 4.24. The Hall–Kier alpha value is -3.39. The van der Waals surface area contributed by atoms with Gasteiger partial charge in [0.1, 0.15) is 11.7 Å². The van der Waals surface area contributed by atoms with Crippen LogP contribution in [0.25, 0.3) is 6.08 Å². The summed E-state index contributed by atoms with van der Waals surface area (Å²) in [5.41, 5.74) is 1.97. The average Bonchev–Trinajstić information content (AvgIpc) is 3.20. The van der Waals surface area contributed by atoms with Crippen molar-refractivity contribution in [1.82, 2.24) is 5.01 Å². The fourth-order valence-electron chi connectivity index (χ4n) is 3.25. The minimum Gasteiger partial charge on any atom is -0.490 e. The van der Waals surface area contributed by atoms with Crippen molar-refractivity contribution in [2.75, 3.05) is 6.61 Å². The number of hydrazone groups is 1. The minimum absolute atomic E-state index is 0.0287. The second-order valence-electron chi connectivity index (χ2n) is 7.18. The highest BCUT2D eigenvalue weighted by Gasteiger charge is 2.35. The molecule has 2 aliphatic heterocycles. The molecule has 2 heterocycles. The molecule has 32 heavy (non-hydrogen) atoms. The maximum absolute atomic E-state index is 12.6. The Labute approximate surface area is 191 Å². The summed E-state index contributed by atoms with van der Waals surface area (Å²) in [6, 6.07) is 15.4. The maximum Gasteiger partial charge on any atom is 0.283 e. The van der Waals surface area contributed by atoms with Crippen molar-refractivity contribution >= 4 is 39.8 Å². The van der Waals surface area contributed by atoms with Crippen molar-refractivity contribution in [3.05, 3.63) is 65.2 Å². The van der Waals surface area contributed by atoms with Gasteiger partial charge < -0.3 is 9.47 Å². The zero-order valence-corrected chi connectivity index (χ0v) is 18.8. The van der Waals surface area contributed by atoms with E-state index >= 15 is 0 Å². The van der Waals surface area contributed by atoms with Gasteiger partial charge in [0.05, 0.1) is 12.2 Å². The Morgan fingerprint density at radius 3 is 2.66 bits per heavy atom. The van der Waals surface area contributed by atoms with E-state index in [9.17, 15) is 4.79 Å². The number of ether oxygens (including phenoxy) is 2. The second-order valence-corrected chi connectivity index (χ2v) is 8.22. The summed E-state index contributed by atoms with van der Waals surface area (Å²) in [6.07, 6.45) is 3.38. The molecule has 0 spiro atoms. The summed E-state index contributed by atoms with van der Waals surface area (Å²) < 4.78 is 11.7. The molecule has 0 saturated heterocycles. The lowest BCUT2D eigenvalue weighted by Crippen LogP contribution is -2.35. The SMILES string of the molecule is CCCC1=NN2C(=N)/C(=C\c3ccc(OCc4ccccc4)c(OCC)c3)C(=O)N=C2S1. The highest BCUT2D eigenvalue weighted by atomic mass is 32.2. The monoisotopic (exact) mass is 448 g/mol. The average molecular weight is 449 g/mol. The van der Waals surface area contributed by atoms with Crippen molar-refractivity contribution in [3.8, 4) is 11.5 Å². The Bertz CT molecular complexity index is 1130. The highest BCUT2D eigenvalue weighted by molar-refractivity contribution is 8.26. The van der Waals surface area contributed by atoms with E-state index in [4.69, 9.17) is 14.9 Å². The van der Waals surface area contributed by atoms with Crippen LogP contribution in [0.4, 0.5) is 0 Å². The standard InChI is InChI=1S/C24H24N4O3S/c1-3-8-21-27-28-22(25)18(23(29)26-24(28)32-21)13-17-11-12-19(20(14-17)30-4-2)31-15-16-9-6-5-7-10-16/h5-7,9-14,25H,3-4,8,15H2,1-2H3/b18-13+,25-22?. The van der Waals surface area contributed by atoms with Crippen LogP contribution in [0.3, 0.4) is 0 Å². The Morgan fingerprint density at radius 1 is 1.09 bits per heavy atom. The number of benzene rings is 2. The van der Waals surface area contributed by atoms with Crippen LogP contribution in [-0.4, -0.2) is 33.6 Å². The van der Waals surface area contributed by atoms with Crippen molar-refractivity contribution < 1.29 is 14.3 Å². The van der Waals surface area contributed by atoms with Crippen LogP contribution in [0.1, 0.15) is 37.8 Å². The second kappa shape index (κ2) is 9.82. The van der Waals surface area contributed by atoms with Gasteiger partial charge in [-0.05, 0) is 60.9 Å². The largest absolute Gasteiger partial charge is 0.490 e. The number of hydrogen-bond acceptors (Lipinski definition) is 6. The molecule has 8 heteroatoms. The molecule has 7 nitrogen and oxygen atoms in total. The van der Waals surface area contributed by atoms with Gasteiger partial charge in [-0.1, -0.05) is 43.3 Å². The van der Waals surface area contributed by atoms with Gasteiger partial charge in [-0.2, -0.15) is 15.1 Å². The summed E-state index contributed by atoms with van der Waals surface area (Å²) in [5.74, 6) is 0.787. The molecule has 2 aromatic rings. The number of nitrogens with one attached hydrogen (secondary N) is 1. The van der Waals surface area contributed by atoms with Gasteiger partial charge in [0.2, 0.25) is 5.17 Å². The number of aliphatic imine (C=N–C) groups is 1. The summed E-state index contributed by atoms with van der Waals surface area (Å²) in [7, 11) is 0. The number of thioether (sulfide) groups is 1. The Morgan fingerprint density at radius 2 is 1.91 bits per heavy atom. The molecule has 164 valence electrons. The lowest BCUT2D eigenvalue weighted by Gasteiger charge is -2.20. The van der Waals surface area contributed by atoms with E-state index in [0.717, 1.165) is 29.0 Å². The minimum atomic E-state index is -0.441. The molecule has 1 amide bonds. The van der Waals surface area contributed by atoms with Crippen LogP contribution < -0.4 is 9.47 Å². The van der Waals surface area contributed by atoms with Gasteiger partial charge in [-0.25, -0.2) is 0 Å². The molecule has 4 rings (SSSR count). The van der Waals surface area contributed by atoms with Crippen molar-refractivity contribution in [2.45, 2.75) is 33.3 Å². The normalized spacial score (nSPS) is 16.7. The maximum atomic E-state index is 12.6. The van der Waals surface area contributed by atoms with Gasteiger partial charge in [0.25, 0.3) is 5.91 Å². The number of carbonyl (C=O) groups is 1. The van der Waals surface area contributed by atoms with Gasteiger partial charge in [-0.15, -0.1) is 0 Å². The third-order valence-corrected chi connectivity index (χ3v) is 5.74. The molecule has 0 bridgehead atoms. The lowest BCUT2D eigenvalue weighted by atomic mass is 10.1. The summed E-state index contributed by atoms with van der Waals surface area (Å²) >= 11 is 1.35. The van der Waals surface area contributed by atoms with E-state index in [2.05, 4.69) is 17.0 Å². The van der Waals surface area contributed by atoms with Crippen molar-refractivity contribution in [1.29, 1.82) is 5.41 Å². The van der Waals surface area contributed by atoms with E-state index in [-0.39, 0.29) is 11.4 Å². The fraction of sp³-hybridized carbons (Fsp3) is 0.250. The van der Waals surface area contributed by atoms with E-state index in [0.29, 0.717) is 29.9 Å². The zero-order valence-electron chi connectivity index (χ0n) is 18.0. The highest BCUT2D eigenvalue weighted by Crippen LogP contribution is 2.32. The molecular weight excluding hydrogens is 424 g/mol. The van der Waals surface area contributed by atoms with Crippen LogP contribution in [0, 0.1) is 5.41 Å². The first-order chi connectivity index (χ1) is 15.6. The van der Waals surface area contributed by atoms with Gasteiger partial charge in [0.15, 0.2) is 17.3 Å². The van der Waals surface area contributed by atoms with E-state index in [1.807, 2.05) is 49.4 Å². The smallest absolute Gasteiger partial charge is 0.283 e. The van der Waals surface area contributed by atoms with Crippen LogP contribution >= 0.6 is 11.8 Å². The number of nitrogens with zero attached hydrogens (tertiary/aromatic N) is 3. The quantitative estimate of drug-likeness (QED) is 0.569. The predicted molar refractivity (Wildman–Crippen MR) is 128 cm³/mol. The molecule has 0 fully saturated rings. The number of carbonyl (C=O) groups excluding carboxylic acids is 1. The van der Waals surface area contributed by atoms with Gasteiger partial charge in [0, 0.05) is 0 Å². The third-order valence-electron chi connectivity index (χ3n) is 4.78. The lowest BCUT2D eigenvalue weighted by molar-refractivity contribution is -0.114. The third kappa shape index (κ3) is 4.75. The number of rotatable bonds is 8. The zero-order chi connectivity index (χ0) is 22.5. The number of fused-ring (bicyclic) bond motifs is 1. The first-order valence-electron chi connectivity index (χ1n) is 10.5. The first kappa shape index (κ1) is 21.8. The molecule has 0 saturated carbocycles. The molecule has 2 aliphatic rings. The molecule has 0 aromatic heterocycles. The van der Waals surface area contributed by atoms with Crippen LogP contribution in [0.2, 0.25) is 0 Å². The number of amidine groups is 2. The molecule has 0 atom stereocenters. The molecular formula is C24H24N4O3S. The van der Waals surface area contributed by atoms with E-state index in [1.54, 1.807) is 12.1 Å². The predicted octanol–water partition coefficient (Wildman–Crippen LogP) is 5.08. The van der Waals surface area contributed by atoms with E-state index in [1.165, 1.54) is 16.8 Å². The number of hydrogen-bond donors (Lipinski definition) is 1. The van der Waals surface area contributed by atoms with Crippen LogP contribution in [-0.2, 0) is 11.4 Å². The molecule has 1 N–H and O–H groups in total. The van der Waals surface area contributed by atoms with Crippen molar-refractivity contribution in [2.24, 2.45) is 10.1 Å². The van der Waals surface area contributed by atoms with Crippen LogP contribution in [0.5, 0.6) is 11.5 Å². The van der Waals surface area contributed by atoms with Gasteiger partial charge in [-0.3, -0.25) is 10.2 Å². The van der Waals surface area contributed by atoms with Crippen LogP contribution in [0.15, 0.2) is 64.2 Å². The topological polar surface area (TPSA) is 87.3 Å². The molecule has 0 aliphatic carbocycles. The molecule has 0 unspecified atom stereocenters. The van der Waals surface area contributed by atoms with Gasteiger partial charge >= 0.3 is 0 Å².